The second-order valence-corrected chi connectivity index (χ2v) is 6.84. The van der Waals surface area contributed by atoms with Gasteiger partial charge in [0.15, 0.2) is 5.76 Å². The Kier molecular flexibility index (Phi) is 7.50. The van der Waals surface area contributed by atoms with Crippen LogP contribution in [0.2, 0.25) is 0 Å². The maximum atomic E-state index is 12.3. The van der Waals surface area contributed by atoms with E-state index in [1.165, 1.54) is 0 Å². The van der Waals surface area contributed by atoms with Crippen LogP contribution >= 0.6 is 15.9 Å². The summed E-state index contributed by atoms with van der Waals surface area (Å²) in [6.45, 7) is 4.73. The maximum absolute atomic E-state index is 12.3. The Labute approximate surface area is 156 Å². The van der Waals surface area contributed by atoms with Crippen molar-refractivity contribution in [2.24, 2.45) is 0 Å². The lowest BCUT2D eigenvalue weighted by atomic mass is 10.1. The SMILES string of the molecule is CCOC(=O)CCCCCCNC(=O)c1oc2ccc(Br)cc2c1C. The van der Waals surface area contributed by atoms with Gasteiger partial charge in [-0.25, -0.2) is 0 Å². The minimum absolute atomic E-state index is 0.136. The Bertz CT molecular complexity index is 738. The van der Waals surface area contributed by atoms with Gasteiger partial charge in [0.05, 0.1) is 6.61 Å². The van der Waals surface area contributed by atoms with E-state index in [9.17, 15) is 9.59 Å². The van der Waals surface area contributed by atoms with Crippen molar-refractivity contribution in [1.29, 1.82) is 0 Å². The van der Waals surface area contributed by atoms with Crippen molar-refractivity contribution in [3.05, 3.63) is 34.0 Å². The molecule has 0 saturated heterocycles. The molecule has 0 saturated carbocycles. The summed E-state index contributed by atoms with van der Waals surface area (Å²) in [5.41, 5.74) is 1.56. The molecule has 1 aromatic carbocycles. The average Bonchev–Trinajstić information content (AvgIpc) is 2.90. The number of nitrogens with one attached hydrogen (secondary N) is 1. The van der Waals surface area contributed by atoms with Crippen molar-refractivity contribution in [2.75, 3.05) is 13.2 Å². The zero-order chi connectivity index (χ0) is 18.2. The van der Waals surface area contributed by atoms with E-state index in [1.54, 1.807) is 0 Å². The lowest BCUT2D eigenvalue weighted by molar-refractivity contribution is -0.143. The normalized spacial score (nSPS) is 10.8. The van der Waals surface area contributed by atoms with E-state index in [1.807, 2.05) is 32.0 Å². The number of carbonyl (C=O) groups is 2. The van der Waals surface area contributed by atoms with E-state index < -0.39 is 0 Å². The summed E-state index contributed by atoms with van der Waals surface area (Å²) >= 11 is 3.43. The Hall–Kier alpha value is -1.82. The van der Waals surface area contributed by atoms with Gasteiger partial charge in [-0.1, -0.05) is 28.8 Å². The van der Waals surface area contributed by atoms with E-state index in [0.717, 1.165) is 41.1 Å². The largest absolute Gasteiger partial charge is 0.466 e. The zero-order valence-corrected chi connectivity index (χ0v) is 16.3. The third-order valence-electron chi connectivity index (χ3n) is 4.00. The van der Waals surface area contributed by atoms with Crippen LogP contribution in [0.15, 0.2) is 27.1 Å². The van der Waals surface area contributed by atoms with Crippen LogP contribution in [-0.2, 0) is 9.53 Å². The Morgan fingerprint density at radius 2 is 1.96 bits per heavy atom. The van der Waals surface area contributed by atoms with Crippen molar-refractivity contribution >= 4 is 38.8 Å². The number of aryl methyl sites for hydroxylation is 1. The summed E-state index contributed by atoms with van der Waals surface area (Å²) in [4.78, 5) is 23.5. The van der Waals surface area contributed by atoms with Crippen LogP contribution in [-0.4, -0.2) is 25.0 Å². The first kappa shape index (κ1) is 19.5. The third-order valence-corrected chi connectivity index (χ3v) is 4.50. The van der Waals surface area contributed by atoms with Gasteiger partial charge in [-0.3, -0.25) is 9.59 Å². The van der Waals surface area contributed by atoms with Crippen molar-refractivity contribution in [3.8, 4) is 0 Å². The summed E-state index contributed by atoms with van der Waals surface area (Å²) in [7, 11) is 0. The summed E-state index contributed by atoms with van der Waals surface area (Å²) in [6, 6.07) is 5.70. The molecule has 0 atom stereocenters. The standard InChI is InChI=1S/C19H24BrNO4/c1-3-24-17(22)8-6-4-5-7-11-21-19(23)18-13(2)15-12-14(20)9-10-16(15)25-18/h9-10,12H,3-8,11H2,1-2H3,(H,21,23). The first-order valence-corrected chi connectivity index (χ1v) is 9.44. The number of rotatable bonds is 9. The average molecular weight is 410 g/mol. The topological polar surface area (TPSA) is 68.5 Å². The molecule has 2 aromatic rings. The molecule has 1 amide bonds. The molecule has 0 bridgehead atoms. The predicted molar refractivity (Wildman–Crippen MR) is 101 cm³/mol. The maximum Gasteiger partial charge on any atom is 0.305 e. The summed E-state index contributed by atoms with van der Waals surface area (Å²) < 4.78 is 11.5. The highest BCUT2D eigenvalue weighted by Crippen LogP contribution is 2.27. The first-order chi connectivity index (χ1) is 12.0. The summed E-state index contributed by atoms with van der Waals surface area (Å²) in [6.07, 6.45) is 4.08. The fourth-order valence-electron chi connectivity index (χ4n) is 2.67. The van der Waals surface area contributed by atoms with Crippen LogP contribution in [0, 0.1) is 6.92 Å². The number of hydrogen-bond acceptors (Lipinski definition) is 4. The lowest BCUT2D eigenvalue weighted by Gasteiger charge is -2.04. The molecular formula is C19H24BrNO4. The number of furan rings is 1. The van der Waals surface area contributed by atoms with E-state index in [4.69, 9.17) is 9.15 Å². The number of benzene rings is 1. The number of hydrogen-bond donors (Lipinski definition) is 1. The first-order valence-electron chi connectivity index (χ1n) is 8.65. The summed E-state index contributed by atoms with van der Waals surface area (Å²) in [5, 5.41) is 3.84. The molecule has 0 aliphatic carbocycles. The molecule has 0 radical (unpaired) electrons. The molecule has 0 aliphatic rings. The van der Waals surface area contributed by atoms with E-state index in [2.05, 4.69) is 21.2 Å². The highest BCUT2D eigenvalue weighted by molar-refractivity contribution is 9.10. The minimum atomic E-state index is -0.184. The van der Waals surface area contributed by atoms with Crippen molar-refractivity contribution in [1.82, 2.24) is 5.32 Å². The van der Waals surface area contributed by atoms with Gasteiger partial charge in [-0.15, -0.1) is 0 Å². The molecule has 2 rings (SSSR count). The van der Waals surface area contributed by atoms with Gasteiger partial charge in [0.1, 0.15) is 5.58 Å². The third kappa shape index (κ3) is 5.59. The second kappa shape index (κ2) is 9.61. The van der Waals surface area contributed by atoms with Crippen LogP contribution in [0.1, 0.15) is 55.1 Å². The molecule has 6 heteroatoms. The molecule has 1 N–H and O–H groups in total. The van der Waals surface area contributed by atoms with Crippen LogP contribution in [0.25, 0.3) is 11.0 Å². The molecule has 25 heavy (non-hydrogen) atoms. The number of amides is 1. The van der Waals surface area contributed by atoms with Gasteiger partial charge in [0.25, 0.3) is 5.91 Å². The Morgan fingerprint density at radius 3 is 2.72 bits per heavy atom. The fourth-order valence-corrected chi connectivity index (χ4v) is 3.03. The van der Waals surface area contributed by atoms with E-state index in [-0.39, 0.29) is 11.9 Å². The smallest absolute Gasteiger partial charge is 0.305 e. The number of esters is 1. The summed E-state index contributed by atoms with van der Waals surface area (Å²) in [5.74, 6) is 0.0505. The Morgan fingerprint density at radius 1 is 1.20 bits per heavy atom. The number of carbonyl (C=O) groups excluding carboxylic acids is 2. The molecule has 136 valence electrons. The molecule has 1 aromatic heterocycles. The minimum Gasteiger partial charge on any atom is -0.466 e. The van der Waals surface area contributed by atoms with Crippen molar-refractivity contribution < 1.29 is 18.7 Å². The van der Waals surface area contributed by atoms with Gasteiger partial charge >= 0.3 is 5.97 Å². The van der Waals surface area contributed by atoms with Gasteiger partial charge in [-0.05, 0) is 44.9 Å². The van der Waals surface area contributed by atoms with Gasteiger partial charge < -0.3 is 14.5 Å². The van der Waals surface area contributed by atoms with Crippen LogP contribution in [0.3, 0.4) is 0 Å². The quantitative estimate of drug-likeness (QED) is 0.479. The van der Waals surface area contributed by atoms with E-state index >= 15 is 0 Å². The lowest BCUT2D eigenvalue weighted by Crippen LogP contribution is -2.24. The monoisotopic (exact) mass is 409 g/mol. The number of ether oxygens (including phenoxy) is 1. The highest BCUT2D eigenvalue weighted by atomic mass is 79.9. The number of unbranched alkanes of at least 4 members (excludes halogenated alkanes) is 3. The fraction of sp³-hybridized carbons (Fsp3) is 0.474. The number of halogens is 1. The van der Waals surface area contributed by atoms with E-state index in [0.29, 0.717) is 30.9 Å². The Balaban J connectivity index is 1.72. The molecule has 0 spiro atoms. The molecule has 1 heterocycles. The van der Waals surface area contributed by atoms with Crippen LogP contribution in [0.5, 0.6) is 0 Å². The van der Waals surface area contributed by atoms with Crippen LogP contribution in [0.4, 0.5) is 0 Å². The number of fused-ring (bicyclic) bond motifs is 1. The molecule has 0 unspecified atom stereocenters. The molecular weight excluding hydrogens is 386 g/mol. The molecule has 0 aliphatic heterocycles. The van der Waals surface area contributed by atoms with Crippen LogP contribution < -0.4 is 5.32 Å². The molecule has 0 fully saturated rings. The van der Waals surface area contributed by atoms with Crippen molar-refractivity contribution in [2.45, 2.75) is 46.0 Å². The predicted octanol–water partition coefficient (Wildman–Crippen LogP) is 4.75. The van der Waals surface area contributed by atoms with Gasteiger partial charge in [0.2, 0.25) is 0 Å². The highest BCUT2D eigenvalue weighted by Gasteiger charge is 2.17. The molecule has 5 nitrogen and oxygen atoms in total. The van der Waals surface area contributed by atoms with Gasteiger partial charge in [-0.2, -0.15) is 0 Å². The zero-order valence-electron chi connectivity index (χ0n) is 14.7. The second-order valence-electron chi connectivity index (χ2n) is 5.92. The van der Waals surface area contributed by atoms with Crippen molar-refractivity contribution in [3.63, 3.8) is 0 Å². The van der Waals surface area contributed by atoms with Gasteiger partial charge in [0, 0.05) is 28.4 Å².